The van der Waals surface area contributed by atoms with E-state index in [1.807, 2.05) is 24.3 Å². The summed E-state index contributed by atoms with van der Waals surface area (Å²) in [5.74, 6) is 1.26. The highest BCUT2D eigenvalue weighted by Crippen LogP contribution is 2.26. The highest BCUT2D eigenvalue weighted by atomic mass is 35.5. The van der Waals surface area contributed by atoms with Crippen LogP contribution in [0.4, 0.5) is 0 Å². The van der Waals surface area contributed by atoms with E-state index in [1.165, 1.54) is 0 Å². The van der Waals surface area contributed by atoms with Gasteiger partial charge in [-0.1, -0.05) is 23.7 Å². The number of hydrogen-bond donors (Lipinski definition) is 1. The minimum atomic E-state index is 0.595. The molecular formula is C11H15ClN2OS. The first kappa shape index (κ1) is 13.4. The molecule has 0 spiro atoms. The van der Waals surface area contributed by atoms with Crippen molar-refractivity contribution in [1.82, 2.24) is 0 Å². The van der Waals surface area contributed by atoms with E-state index in [2.05, 4.69) is 4.99 Å². The molecule has 88 valence electrons. The number of thioether (sulfide) groups is 1. The molecule has 0 saturated carbocycles. The Hall–Kier alpha value is -0.710. The van der Waals surface area contributed by atoms with Crippen molar-refractivity contribution in [2.75, 3.05) is 26.0 Å². The van der Waals surface area contributed by atoms with Gasteiger partial charge in [0.2, 0.25) is 0 Å². The Morgan fingerprint density at radius 3 is 2.94 bits per heavy atom. The van der Waals surface area contributed by atoms with Crippen LogP contribution in [0, 0.1) is 0 Å². The van der Waals surface area contributed by atoms with E-state index in [0.29, 0.717) is 24.7 Å². The fourth-order valence-electron chi connectivity index (χ4n) is 1.04. The minimum absolute atomic E-state index is 0.595. The van der Waals surface area contributed by atoms with E-state index in [4.69, 9.17) is 22.1 Å². The second-order valence-corrected chi connectivity index (χ2v) is 4.51. The molecular weight excluding hydrogens is 244 g/mol. The Labute approximate surface area is 105 Å². The van der Waals surface area contributed by atoms with E-state index >= 15 is 0 Å². The molecule has 0 bridgehead atoms. The Morgan fingerprint density at radius 1 is 1.50 bits per heavy atom. The van der Waals surface area contributed by atoms with Crippen LogP contribution in [-0.4, -0.2) is 31.8 Å². The van der Waals surface area contributed by atoms with Gasteiger partial charge >= 0.3 is 0 Å². The Bertz CT molecular complexity index is 358. The van der Waals surface area contributed by atoms with Gasteiger partial charge in [0, 0.05) is 12.0 Å². The third-order valence-electron chi connectivity index (χ3n) is 1.82. The average Bonchev–Trinajstić information content (AvgIpc) is 2.28. The summed E-state index contributed by atoms with van der Waals surface area (Å²) >= 11 is 7.60. The number of benzene rings is 1. The van der Waals surface area contributed by atoms with Gasteiger partial charge in [0.05, 0.1) is 23.9 Å². The topological polar surface area (TPSA) is 47.6 Å². The maximum absolute atomic E-state index is 6.01. The number of ether oxygens (including phenoxy) is 1. The van der Waals surface area contributed by atoms with Crippen LogP contribution in [-0.2, 0) is 4.74 Å². The van der Waals surface area contributed by atoms with Gasteiger partial charge in [0.25, 0.3) is 0 Å². The molecule has 0 atom stereocenters. The molecule has 1 rings (SSSR count). The zero-order chi connectivity index (χ0) is 11.8. The first-order valence-electron chi connectivity index (χ1n) is 4.89. The van der Waals surface area contributed by atoms with Gasteiger partial charge in [-0.05, 0) is 12.1 Å². The highest BCUT2D eigenvalue weighted by Gasteiger charge is 2.00. The van der Waals surface area contributed by atoms with Crippen molar-refractivity contribution in [2.45, 2.75) is 4.90 Å². The van der Waals surface area contributed by atoms with Crippen LogP contribution < -0.4 is 5.73 Å². The number of methoxy groups -OCH3 is 1. The fourth-order valence-corrected chi connectivity index (χ4v) is 2.11. The molecule has 0 heterocycles. The summed E-state index contributed by atoms with van der Waals surface area (Å²) in [5.41, 5.74) is 5.74. The fraction of sp³-hybridized carbons (Fsp3) is 0.364. The number of nitrogens with zero attached hydrogens (tertiary/aromatic N) is 1. The first-order valence-corrected chi connectivity index (χ1v) is 6.25. The predicted octanol–water partition coefficient (Wildman–Crippen LogP) is 2.44. The lowest BCUT2D eigenvalue weighted by Gasteiger charge is -2.03. The van der Waals surface area contributed by atoms with E-state index in [0.717, 1.165) is 9.92 Å². The van der Waals surface area contributed by atoms with Crippen molar-refractivity contribution in [2.24, 2.45) is 10.7 Å². The highest BCUT2D eigenvalue weighted by molar-refractivity contribution is 8.00. The van der Waals surface area contributed by atoms with Crippen molar-refractivity contribution < 1.29 is 4.74 Å². The smallest absolute Gasteiger partial charge is 0.104 e. The maximum atomic E-state index is 6.01. The van der Waals surface area contributed by atoms with Crippen LogP contribution >= 0.6 is 23.4 Å². The summed E-state index contributed by atoms with van der Waals surface area (Å²) in [6, 6.07) is 7.69. The van der Waals surface area contributed by atoms with E-state index in [1.54, 1.807) is 18.9 Å². The van der Waals surface area contributed by atoms with E-state index < -0.39 is 0 Å². The van der Waals surface area contributed by atoms with Crippen molar-refractivity contribution in [3.05, 3.63) is 29.3 Å². The second-order valence-electron chi connectivity index (χ2n) is 3.08. The van der Waals surface area contributed by atoms with Crippen molar-refractivity contribution in [3.63, 3.8) is 0 Å². The third-order valence-corrected chi connectivity index (χ3v) is 3.37. The van der Waals surface area contributed by atoms with Crippen LogP contribution in [0.15, 0.2) is 34.2 Å². The number of halogens is 1. The monoisotopic (exact) mass is 258 g/mol. The number of nitrogens with two attached hydrogens (primary N) is 1. The SMILES string of the molecule is COCCN=C(N)CSc1ccccc1Cl. The lowest BCUT2D eigenvalue weighted by molar-refractivity contribution is 0.208. The van der Waals surface area contributed by atoms with Gasteiger partial charge < -0.3 is 10.5 Å². The zero-order valence-electron chi connectivity index (χ0n) is 9.15. The predicted molar refractivity (Wildman–Crippen MR) is 70.5 cm³/mol. The van der Waals surface area contributed by atoms with Crippen molar-refractivity contribution >= 4 is 29.2 Å². The molecule has 0 aromatic heterocycles. The summed E-state index contributed by atoms with van der Waals surface area (Å²) in [6.07, 6.45) is 0. The van der Waals surface area contributed by atoms with Crippen LogP contribution in [0.3, 0.4) is 0 Å². The molecule has 16 heavy (non-hydrogen) atoms. The molecule has 3 nitrogen and oxygen atoms in total. The van der Waals surface area contributed by atoms with Crippen LogP contribution in [0.25, 0.3) is 0 Å². The quantitative estimate of drug-likeness (QED) is 0.369. The minimum Gasteiger partial charge on any atom is -0.387 e. The summed E-state index contributed by atoms with van der Waals surface area (Å²) in [7, 11) is 1.64. The van der Waals surface area contributed by atoms with Crippen molar-refractivity contribution in [1.29, 1.82) is 0 Å². The van der Waals surface area contributed by atoms with Gasteiger partial charge in [-0.15, -0.1) is 11.8 Å². The average molecular weight is 259 g/mol. The van der Waals surface area contributed by atoms with Crippen LogP contribution in [0.1, 0.15) is 0 Å². The Kier molecular flexibility index (Phi) is 6.30. The molecule has 0 radical (unpaired) electrons. The van der Waals surface area contributed by atoms with Gasteiger partial charge in [-0.3, -0.25) is 4.99 Å². The lowest BCUT2D eigenvalue weighted by Crippen LogP contribution is -2.16. The van der Waals surface area contributed by atoms with E-state index in [9.17, 15) is 0 Å². The third kappa shape index (κ3) is 4.88. The molecule has 0 saturated heterocycles. The van der Waals surface area contributed by atoms with Gasteiger partial charge in [0.15, 0.2) is 0 Å². The number of amidine groups is 1. The molecule has 1 aromatic rings. The summed E-state index contributed by atoms with van der Waals surface area (Å²) in [4.78, 5) is 5.19. The molecule has 0 aliphatic heterocycles. The number of hydrogen-bond acceptors (Lipinski definition) is 3. The molecule has 0 amide bonds. The Balaban J connectivity index is 2.40. The van der Waals surface area contributed by atoms with Crippen LogP contribution in [0.2, 0.25) is 5.02 Å². The number of rotatable bonds is 6. The maximum Gasteiger partial charge on any atom is 0.104 e. The van der Waals surface area contributed by atoms with Crippen molar-refractivity contribution in [3.8, 4) is 0 Å². The van der Waals surface area contributed by atoms with Gasteiger partial charge in [0.1, 0.15) is 5.84 Å². The first-order chi connectivity index (χ1) is 7.74. The second kappa shape index (κ2) is 7.54. The zero-order valence-corrected chi connectivity index (χ0v) is 10.7. The molecule has 5 heteroatoms. The number of aliphatic imine (C=N–C) groups is 1. The summed E-state index contributed by atoms with van der Waals surface area (Å²) < 4.78 is 4.88. The molecule has 0 aliphatic carbocycles. The van der Waals surface area contributed by atoms with Gasteiger partial charge in [-0.2, -0.15) is 0 Å². The normalized spacial score (nSPS) is 11.8. The molecule has 0 fully saturated rings. The van der Waals surface area contributed by atoms with Gasteiger partial charge in [-0.25, -0.2) is 0 Å². The van der Waals surface area contributed by atoms with Crippen LogP contribution in [0.5, 0.6) is 0 Å². The van der Waals surface area contributed by atoms with E-state index in [-0.39, 0.29) is 0 Å². The Morgan fingerprint density at radius 2 is 2.25 bits per heavy atom. The lowest BCUT2D eigenvalue weighted by atomic mass is 10.4. The molecule has 0 aliphatic rings. The summed E-state index contributed by atoms with van der Waals surface area (Å²) in [6.45, 7) is 1.20. The largest absolute Gasteiger partial charge is 0.387 e. The summed E-state index contributed by atoms with van der Waals surface area (Å²) in [5, 5.41) is 0.747. The molecule has 2 N–H and O–H groups in total. The molecule has 1 aromatic carbocycles. The molecule has 0 unspecified atom stereocenters. The standard InChI is InChI=1S/C11H15ClN2OS/c1-15-7-6-14-11(13)8-16-10-5-3-2-4-9(10)12/h2-5H,6-8H2,1H3,(H2,13,14).